The van der Waals surface area contributed by atoms with E-state index in [-0.39, 0.29) is 0 Å². The number of nitrogens with zero attached hydrogens (tertiary/aromatic N) is 1. The van der Waals surface area contributed by atoms with Crippen molar-refractivity contribution >= 4 is 11.9 Å². The maximum absolute atomic E-state index is 12.9. The van der Waals surface area contributed by atoms with Gasteiger partial charge >= 0.3 is 0 Å². The largest absolute Gasteiger partial charge is 0.256 e. The van der Waals surface area contributed by atoms with Crippen LogP contribution in [0.1, 0.15) is 5.56 Å². The molecule has 1 nitrogen and oxygen atoms in total. The summed E-state index contributed by atoms with van der Waals surface area (Å²) in [5, 5.41) is 0. The summed E-state index contributed by atoms with van der Waals surface area (Å²) in [5.41, 5.74) is 1.30. The smallest absolute Gasteiger partial charge is 0.160 e. The third kappa shape index (κ3) is 2.51. The van der Waals surface area contributed by atoms with Gasteiger partial charge in [-0.15, -0.1) is 0 Å². The van der Waals surface area contributed by atoms with Crippen molar-refractivity contribution in [2.24, 2.45) is 4.99 Å². The van der Waals surface area contributed by atoms with Crippen molar-refractivity contribution in [2.45, 2.75) is 0 Å². The average molecular weight is 217 g/mol. The Kier molecular flexibility index (Phi) is 3.05. The van der Waals surface area contributed by atoms with E-state index >= 15 is 0 Å². The zero-order chi connectivity index (χ0) is 11.4. The van der Waals surface area contributed by atoms with Crippen molar-refractivity contribution in [3.8, 4) is 0 Å². The van der Waals surface area contributed by atoms with Crippen molar-refractivity contribution < 1.29 is 8.78 Å². The van der Waals surface area contributed by atoms with Crippen LogP contribution in [0.25, 0.3) is 0 Å². The van der Waals surface area contributed by atoms with E-state index in [1.54, 1.807) is 6.21 Å². The molecule has 0 radical (unpaired) electrons. The van der Waals surface area contributed by atoms with E-state index < -0.39 is 11.6 Å². The number of aliphatic imine (C=N–C) groups is 1. The first kappa shape index (κ1) is 10.5. The van der Waals surface area contributed by atoms with Gasteiger partial charge in [0.25, 0.3) is 0 Å². The van der Waals surface area contributed by atoms with Gasteiger partial charge in [0.15, 0.2) is 11.6 Å². The molecular formula is C13H9F2N. The van der Waals surface area contributed by atoms with Crippen LogP contribution >= 0.6 is 0 Å². The van der Waals surface area contributed by atoms with Crippen LogP contribution in [-0.4, -0.2) is 6.21 Å². The average Bonchev–Trinajstić information content (AvgIpc) is 2.32. The molecule has 2 aromatic rings. The molecule has 3 heteroatoms. The van der Waals surface area contributed by atoms with Gasteiger partial charge in [0.1, 0.15) is 0 Å². The highest BCUT2D eigenvalue weighted by Gasteiger charge is 2.00. The van der Waals surface area contributed by atoms with Crippen molar-refractivity contribution in [3.63, 3.8) is 0 Å². The molecule has 0 amide bonds. The lowest BCUT2D eigenvalue weighted by molar-refractivity contribution is 0.509. The minimum Gasteiger partial charge on any atom is -0.256 e. The molecule has 80 valence electrons. The summed E-state index contributed by atoms with van der Waals surface area (Å²) < 4.78 is 25.5. The second-order valence-corrected chi connectivity index (χ2v) is 3.27. The quantitative estimate of drug-likeness (QED) is 0.680. The third-order valence-corrected chi connectivity index (χ3v) is 2.07. The third-order valence-electron chi connectivity index (χ3n) is 2.07. The molecule has 0 saturated heterocycles. The van der Waals surface area contributed by atoms with E-state index in [2.05, 4.69) is 4.99 Å². The Morgan fingerprint density at radius 3 is 2.31 bits per heavy atom. The molecule has 0 aromatic heterocycles. The molecule has 2 aromatic carbocycles. The fourth-order valence-corrected chi connectivity index (χ4v) is 1.25. The highest BCUT2D eigenvalue weighted by molar-refractivity contribution is 5.81. The summed E-state index contributed by atoms with van der Waals surface area (Å²) in [6.07, 6.45) is 1.60. The summed E-state index contributed by atoms with van der Waals surface area (Å²) in [6, 6.07) is 13.0. The van der Waals surface area contributed by atoms with Gasteiger partial charge in [-0.25, -0.2) is 8.78 Å². The van der Waals surface area contributed by atoms with Crippen molar-refractivity contribution in [1.29, 1.82) is 0 Å². The van der Waals surface area contributed by atoms with Crippen LogP contribution in [0.3, 0.4) is 0 Å². The van der Waals surface area contributed by atoms with E-state index in [4.69, 9.17) is 0 Å². The minimum atomic E-state index is -0.886. The standard InChI is InChI=1S/C13H9F2N/c14-12-7-6-11(8-13(12)15)16-9-10-4-2-1-3-5-10/h1-9H. The summed E-state index contributed by atoms with van der Waals surface area (Å²) in [4.78, 5) is 4.05. The molecular weight excluding hydrogens is 208 g/mol. The van der Waals surface area contributed by atoms with Crippen LogP contribution in [0.2, 0.25) is 0 Å². The van der Waals surface area contributed by atoms with Crippen LogP contribution in [0.15, 0.2) is 53.5 Å². The minimum absolute atomic E-state index is 0.391. The van der Waals surface area contributed by atoms with Gasteiger partial charge < -0.3 is 0 Å². The summed E-state index contributed by atoms with van der Waals surface area (Å²) in [5.74, 6) is -1.75. The van der Waals surface area contributed by atoms with E-state index in [9.17, 15) is 8.78 Å². The van der Waals surface area contributed by atoms with Gasteiger partial charge in [-0.2, -0.15) is 0 Å². The number of benzene rings is 2. The summed E-state index contributed by atoms with van der Waals surface area (Å²) in [6.45, 7) is 0. The van der Waals surface area contributed by atoms with Crippen molar-refractivity contribution in [1.82, 2.24) is 0 Å². The lowest BCUT2D eigenvalue weighted by Gasteiger charge is -1.95. The highest BCUT2D eigenvalue weighted by atomic mass is 19.2. The molecule has 0 N–H and O–H groups in total. The molecule has 0 unspecified atom stereocenters. The Bertz CT molecular complexity index is 507. The number of rotatable bonds is 2. The number of hydrogen-bond donors (Lipinski definition) is 0. The molecule has 0 heterocycles. The van der Waals surface area contributed by atoms with Crippen molar-refractivity contribution in [3.05, 3.63) is 65.7 Å². The first-order chi connectivity index (χ1) is 7.75. The SMILES string of the molecule is Fc1ccc(N=Cc2ccccc2)cc1F. The topological polar surface area (TPSA) is 12.4 Å². The Morgan fingerprint density at radius 2 is 1.62 bits per heavy atom. The molecule has 0 aliphatic heterocycles. The maximum atomic E-state index is 12.9. The highest BCUT2D eigenvalue weighted by Crippen LogP contribution is 2.15. The van der Waals surface area contributed by atoms with Crippen LogP contribution < -0.4 is 0 Å². The van der Waals surface area contributed by atoms with Gasteiger partial charge in [0.2, 0.25) is 0 Å². The number of halogens is 2. The van der Waals surface area contributed by atoms with Crippen molar-refractivity contribution in [2.75, 3.05) is 0 Å². The molecule has 0 saturated carbocycles. The molecule has 0 aliphatic carbocycles. The van der Waals surface area contributed by atoms with E-state index in [1.165, 1.54) is 6.07 Å². The van der Waals surface area contributed by atoms with Gasteiger partial charge in [0.05, 0.1) is 5.69 Å². The molecule has 0 atom stereocenters. The Morgan fingerprint density at radius 1 is 0.875 bits per heavy atom. The van der Waals surface area contributed by atoms with Crippen LogP contribution in [0.4, 0.5) is 14.5 Å². The van der Waals surface area contributed by atoms with Crippen LogP contribution in [-0.2, 0) is 0 Å². The van der Waals surface area contributed by atoms with Gasteiger partial charge in [-0.1, -0.05) is 30.3 Å². The molecule has 0 fully saturated rings. The lowest BCUT2D eigenvalue weighted by atomic mass is 10.2. The molecule has 0 bridgehead atoms. The monoisotopic (exact) mass is 217 g/mol. The van der Waals surface area contributed by atoms with Crippen LogP contribution in [0.5, 0.6) is 0 Å². The lowest BCUT2D eigenvalue weighted by Crippen LogP contribution is -1.82. The second-order valence-electron chi connectivity index (χ2n) is 3.27. The Labute approximate surface area is 92.1 Å². The first-order valence-corrected chi connectivity index (χ1v) is 4.80. The van der Waals surface area contributed by atoms with Gasteiger partial charge in [0, 0.05) is 12.3 Å². The zero-order valence-corrected chi connectivity index (χ0v) is 8.40. The predicted molar refractivity (Wildman–Crippen MR) is 60.1 cm³/mol. The second kappa shape index (κ2) is 4.66. The fraction of sp³-hybridized carbons (Fsp3) is 0. The summed E-state index contributed by atoms with van der Waals surface area (Å²) in [7, 11) is 0. The first-order valence-electron chi connectivity index (χ1n) is 4.80. The zero-order valence-electron chi connectivity index (χ0n) is 8.40. The summed E-state index contributed by atoms with van der Waals surface area (Å²) >= 11 is 0. The predicted octanol–water partition coefficient (Wildman–Crippen LogP) is 3.72. The molecule has 0 aliphatic rings. The maximum Gasteiger partial charge on any atom is 0.160 e. The van der Waals surface area contributed by atoms with E-state index in [0.29, 0.717) is 5.69 Å². The Balaban J connectivity index is 2.21. The fourth-order valence-electron chi connectivity index (χ4n) is 1.25. The van der Waals surface area contributed by atoms with E-state index in [0.717, 1.165) is 17.7 Å². The number of hydrogen-bond acceptors (Lipinski definition) is 1. The molecule has 0 spiro atoms. The van der Waals surface area contributed by atoms with Gasteiger partial charge in [-0.3, -0.25) is 4.99 Å². The van der Waals surface area contributed by atoms with E-state index in [1.807, 2.05) is 30.3 Å². The van der Waals surface area contributed by atoms with Gasteiger partial charge in [-0.05, 0) is 17.7 Å². The molecule has 16 heavy (non-hydrogen) atoms. The normalized spacial score (nSPS) is 10.9. The van der Waals surface area contributed by atoms with Crippen LogP contribution in [0, 0.1) is 11.6 Å². The molecule has 2 rings (SSSR count). The Hall–Kier alpha value is -2.03.